The third-order valence-electron chi connectivity index (χ3n) is 4.11. The third-order valence-corrected chi connectivity index (χ3v) is 4.34. The zero-order valence-corrected chi connectivity index (χ0v) is 15.6. The second-order valence-corrected chi connectivity index (χ2v) is 6.16. The highest BCUT2D eigenvalue weighted by atomic mass is 35.5. The van der Waals surface area contributed by atoms with Crippen molar-refractivity contribution in [3.8, 4) is 5.75 Å². The number of carbonyl (C=O) groups is 1. The minimum absolute atomic E-state index is 0.229. The summed E-state index contributed by atoms with van der Waals surface area (Å²) in [5.41, 5.74) is 3.53. The summed E-state index contributed by atoms with van der Waals surface area (Å²) in [7, 11) is 2.93. The number of hydrogen-bond donors (Lipinski definition) is 1. The minimum Gasteiger partial charge on any atom is -0.495 e. The topological polar surface area (TPSA) is 60.5 Å². The Morgan fingerprint density at radius 1 is 1.12 bits per heavy atom. The third kappa shape index (κ3) is 3.58. The Kier molecular flexibility index (Phi) is 5.28. The van der Waals surface area contributed by atoms with Gasteiger partial charge >= 0.3 is 5.97 Å². The summed E-state index contributed by atoms with van der Waals surface area (Å²) in [6.07, 6.45) is 0.897. The number of hydrogen-bond acceptors (Lipinski definition) is 5. The van der Waals surface area contributed by atoms with E-state index in [1.807, 2.05) is 12.1 Å². The molecular formula is C20H19ClN2O3. The number of ether oxygens (including phenoxy) is 2. The number of esters is 1. The van der Waals surface area contributed by atoms with Gasteiger partial charge < -0.3 is 14.8 Å². The molecule has 0 bridgehead atoms. The number of carbonyl (C=O) groups excluding carboxylic acids is 1. The molecule has 0 atom stereocenters. The van der Waals surface area contributed by atoms with Crippen molar-refractivity contribution in [1.29, 1.82) is 0 Å². The molecule has 5 nitrogen and oxygen atoms in total. The molecule has 0 aliphatic heterocycles. The fourth-order valence-corrected chi connectivity index (χ4v) is 2.90. The summed E-state index contributed by atoms with van der Waals surface area (Å²) in [5, 5.41) is 4.80. The van der Waals surface area contributed by atoms with E-state index in [1.165, 1.54) is 12.7 Å². The van der Waals surface area contributed by atoms with Gasteiger partial charge in [-0.2, -0.15) is 0 Å². The molecule has 1 N–H and O–H groups in total. The molecule has 0 spiro atoms. The van der Waals surface area contributed by atoms with Crippen LogP contribution in [0.25, 0.3) is 10.9 Å². The van der Waals surface area contributed by atoms with E-state index in [0.717, 1.165) is 17.5 Å². The molecule has 2 aromatic carbocycles. The van der Waals surface area contributed by atoms with Gasteiger partial charge in [0.1, 0.15) is 5.75 Å². The lowest BCUT2D eigenvalue weighted by molar-refractivity contribution is 0.0594. The highest BCUT2D eigenvalue weighted by Crippen LogP contribution is 2.34. The Morgan fingerprint density at radius 2 is 1.92 bits per heavy atom. The number of anilines is 2. The van der Waals surface area contributed by atoms with Gasteiger partial charge in [-0.05, 0) is 48.4 Å². The van der Waals surface area contributed by atoms with Gasteiger partial charge in [0.15, 0.2) is 5.69 Å². The first kappa shape index (κ1) is 18.0. The number of rotatable bonds is 5. The van der Waals surface area contributed by atoms with Crippen molar-refractivity contribution in [3.63, 3.8) is 0 Å². The zero-order valence-electron chi connectivity index (χ0n) is 14.8. The average molecular weight is 371 g/mol. The van der Waals surface area contributed by atoms with E-state index in [0.29, 0.717) is 22.0 Å². The second kappa shape index (κ2) is 7.62. The van der Waals surface area contributed by atoms with Crippen molar-refractivity contribution in [2.45, 2.75) is 13.3 Å². The van der Waals surface area contributed by atoms with Crippen LogP contribution in [0.4, 0.5) is 11.4 Å². The molecule has 134 valence electrons. The number of pyridine rings is 1. The molecule has 0 unspecified atom stereocenters. The van der Waals surface area contributed by atoms with Crippen molar-refractivity contribution in [2.24, 2.45) is 0 Å². The van der Waals surface area contributed by atoms with Gasteiger partial charge in [0.05, 0.1) is 31.1 Å². The van der Waals surface area contributed by atoms with Crippen LogP contribution in [0.2, 0.25) is 5.02 Å². The number of aromatic nitrogens is 1. The summed E-state index contributed by atoms with van der Waals surface area (Å²) in [6.45, 7) is 2.09. The number of halogens is 1. The summed E-state index contributed by atoms with van der Waals surface area (Å²) in [5.74, 6) is 0.151. The maximum absolute atomic E-state index is 12.0. The van der Waals surface area contributed by atoms with Crippen LogP contribution in [-0.4, -0.2) is 25.2 Å². The first-order chi connectivity index (χ1) is 12.5. The maximum Gasteiger partial charge on any atom is 0.356 e. The molecule has 1 heterocycles. The van der Waals surface area contributed by atoms with Crippen LogP contribution >= 0.6 is 11.6 Å². The van der Waals surface area contributed by atoms with Gasteiger partial charge in [0.25, 0.3) is 0 Å². The predicted octanol–water partition coefficient (Wildman–Crippen LogP) is 4.99. The van der Waals surface area contributed by atoms with Crippen LogP contribution in [-0.2, 0) is 11.2 Å². The summed E-state index contributed by atoms with van der Waals surface area (Å²) >= 11 is 6.13. The average Bonchev–Trinajstić information content (AvgIpc) is 2.67. The largest absolute Gasteiger partial charge is 0.495 e. The number of methoxy groups -OCH3 is 2. The molecule has 0 amide bonds. The standard InChI is InChI=1S/C20H19ClN2O3/c1-4-12-5-7-15-14(9-12)16(11-18(22-15)20(24)26-3)23-17-10-13(21)6-8-19(17)25-2/h5-11H,4H2,1-3H3,(H,22,23). The van der Waals surface area contributed by atoms with E-state index in [-0.39, 0.29) is 5.69 Å². The van der Waals surface area contributed by atoms with Crippen LogP contribution in [0.1, 0.15) is 23.0 Å². The van der Waals surface area contributed by atoms with Crippen molar-refractivity contribution >= 4 is 39.8 Å². The number of aryl methyl sites for hydroxylation is 1. The summed E-state index contributed by atoms with van der Waals surface area (Å²) < 4.78 is 10.2. The van der Waals surface area contributed by atoms with E-state index >= 15 is 0 Å². The molecule has 0 fully saturated rings. The smallest absolute Gasteiger partial charge is 0.356 e. The fraction of sp³-hybridized carbons (Fsp3) is 0.200. The van der Waals surface area contributed by atoms with E-state index in [4.69, 9.17) is 21.1 Å². The van der Waals surface area contributed by atoms with Gasteiger partial charge in [-0.3, -0.25) is 0 Å². The molecule has 1 aromatic heterocycles. The minimum atomic E-state index is -0.493. The molecule has 0 aliphatic carbocycles. The van der Waals surface area contributed by atoms with E-state index in [1.54, 1.807) is 31.4 Å². The van der Waals surface area contributed by atoms with E-state index in [2.05, 4.69) is 23.3 Å². The highest BCUT2D eigenvalue weighted by Gasteiger charge is 2.14. The highest BCUT2D eigenvalue weighted by molar-refractivity contribution is 6.31. The molecule has 3 rings (SSSR count). The lowest BCUT2D eigenvalue weighted by Gasteiger charge is -2.15. The van der Waals surface area contributed by atoms with Gasteiger partial charge in [-0.15, -0.1) is 0 Å². The first-order valence-electron chi connectivity index (χ1n) is 8.18. The predicted molar refractivity (Wildman–Crippen MR) is 104 cm³/mol. The molecule has 0 saturated carbocycles. The Balaban J connectivity index is 2.19. The van der Waals surface area contributed by atoms with Crippen LogP contribution < -0.4 is 10.1 Å². The van der Waals surface area contributed by atoms with Crippen LogP contribution in [0.3, 0.4) is 0 Å². The normalized spacial score (nSPS) is 10.6. The monoisotopic (exact) mass is 370 g/mol. The zero-order chi connectivity index (χ0) is 18.7. The second-order valence-electron chi connectivity index (χ2n) is 5.72. The Bertz CT molecular complexity index is 973. The van der Waals surface area contributed by atoms with Crippen molar-refractivity contribution in [3.05, 3.63) is 58.7 Å². The molecule has 6 heteroatoms. The van der Waals surface area contributed by atoms with Crippen molar-refractivity contribution in [1.82, 2.24) is 4.98 Å². The number of nitrogens with one attached hydrogen (secondary N) is 1. The molecule has 3 aromatic rings. The number of nitrogens with zero attached hydrogens (tertiary/aromatic N) is 1. The van der Waals surface area contributed by atoms with Gasteiger partial charge in [-0.1, -0.05) is 24.6 Å². The Labute approximate surface area is 156 Å². The lowest BCUT2D eigenvalue weighted by Crippen LogP contribution is -2.06. The van der Waals surface area contributed by atoms with Crippen LogP contribution in [0, 0.1) is 0 Å². The van der Waals surface area contributed by atoms with E-state index in [9.17, 15) is 4.79 Å². The SMILES string of the molecule is CCc1ccc2nc(C(=O)OC)cc(Nc3cc(Cl)ccc3OC)c2c1. The molecule has 0 saturated heterocycles. The maximum atomic E-state index is 12.0. The van der Waals surface area contributed by atoms with Gasteiger partial charge in [0, 0.05) is 10.4 Å². The fourth-order valence-electron chi connectivity index (χ4n) is 2.73. The quantitative estimate of drug-likeness (QED) is 0.641. The molecule has 26 heavy (non-hydrogen) atoms. The Morgan fingerprint density at radius 3 is 2.62 bits per heavy atom. The van der Waals surface area contributed by atoms with Crippen LogP contribution in [0.15, 0.2) is 42.5 Å². The van der Waals surface area contributed by atoms with Crippen molar-refractivity contribution < 1.29 is 14.3 Å². The number of benzene rings is 2. The van der Waals surface area contributed by atoms with Gasteiger partial charge in [0.2, 0.25) is 0 Å². The molecule has 0 aliphatic rings. The first-order valence-corrected chi connectivity index (χ1v) is 8.56. The van der Waals surface area contributed by atoms with E-state index < -0.39 is 5.97 Å². The van der Waals surface area contributed by atoms with Crippen molar-refractivity contribution in [2.75, 3.05) is 19.5 Å². The Hall–Kier alpha value is -2.79. The number of fused-ring (bicyclic) bond motifs is 1. The van der Waals surface area contributed by atoms with Crippen LogP contribution in [0.5, 0.6) is 5.75 Å². The summed E-state index contributed by atoms with van der Waals surface area (Å²) in [4.78, 5) is 16.4. The van der Waals surface area contributed by atoms with Gasteiger partial charge in [-0.25, -0.2) is 9.78 Å². The summed E-state index contributed by atoms with van der Waals surface area (Å²) in [6, 6.07) is 12.9. The molecule has 0 radical (unpaired) electrons. The molecular weight excluding hydrogens is 352 g/mol. The lowest BCUT2D eigenvalue weighted by atomic mass is 10.1.